The zero-order valence-electron chi connectivity index (χ0n) is 13.1. The molecule has 1 aliphatic heterocycles. The molecule has 2 rings (SSSR count). The predicted octanol–water partition coefficient (Wildman–Crippen LogP) is 1.13. The van der Waals surface area contributed by atoms with E-state index >= 15 is 0 Å². The first-order chi connectivity index (χ1) is 11.5. The molecule has 0 saturated carbocycles. The van der Waals surface area contributed by atoms with E-state index in [1.54, 1.807) is 24.3 Å². The van der Waals surface area contributed by atoms with Crippen LogP contribution in [0.15, 0.2) is 24.3 Å². The van der Waals surface area contributed by atoms with Gasteiger partial charge in [0.05, 0.1) is 0 Å². The number of amides is 2. The molecule has 8 heteroatoms. The SMILES string of the molecule is NC(=O)[C@@H]1CCCCN1C(=O)COC(=O)COc1cccc(Cl)c1. The maximum absolute atomic E-state index is 12.1. The van der Waals surface area contributed by atoms with Crippen molar-refractivity contribution in [2.75, 3.05) is 19.8 Å². The molecule has 0 spiro atoms. The zero-order chi connectivity index (χ0) is 17.5. The number of carbonyl (C=O) groups is 3. The third-order valence-electron chi connectivity index (χ3n) is 3.66. The van der Waals surface area contributed by atoms with Gasteiger partial charge in [0.1, 0.15) is 11.8 Å². The molecule has 7 nitrogen and oxygen atoms in total. The summed E-state index contributed by atoms with van der Waals surface area (Å²) >= 11 is 5.80. The Labute approximate surface area is 144 Å². The van der Waals surface area contributed by atoms with Crippen molar-refractivity contribution in [3.63, 3.8) is 0 Å². The summed E-state index contributed by atoms with van der Waals surface area (Å²) in [4.78, 5) is 36.5. The number of esters is 1. The number of hydrogen-bond donors (Lipinski definition) is 1. The molecule has 2 N–H and O–H groups in total. The van der Waals surface area contributed by atoms with E-state index in [-0.39, 0.29) is 6.61 Å². The summed E-state index contributed by atoms with van der Waals surface area (Å²) < 4.78 is 10.1. The molecule has 2 amide bonds. The van der Waals surface area contributed by atoms with Gasteiger partial charge < -0.3 is 20.1 Å². The van der Waals surface area contributed by atoms with Crippen molar-refractivity contribution in [3.05, 3.63) is 29.3 Å². The van der Waals surface area contributed by atoms with Crippen LogP contribution in [0, 0.1) is 0 Å². The second-order valence-electron chi connectivity index (χ2n) is 5.41. The minimum absolute atomic E-state index is 0.340. The summed E-state index contributed by atoms with van der Waals surface area (Å²) in [7, 11) is 0. The van der Waals surface area contributed by atoms with Crippen LogP contribution in [0.3, 0.4) is 0 Å². The number of primary amides is 1. The molecular weight excluding hydrogens is 336 g/mol. The second-order valence-corrected chi connectivity index (χ2v) is 5.84. The lowest BCUT2D eigenvalue weighted by molar-refractivity contribution is -0.156. The van der Waals surface area contributed by atoms with Crippen LogP contribution in [-0.2, 0) is 19.1 Å². The molecule has 0 radical (unpaired) electrons. The van der Waals surface area contributed by atoms with Crippen LogP contribution in [0.5, 0.6) is 5.75 Å². The maximum Gasteiger partial charge on any atom is 0.344 e. The summed E-state index contributed by atoms with van der Waals surface area (Å²) in [5, 5.41) is 0.485. The van der Waals surface area contributed by atoms with Crippen molar-refractivity contribution < 1.29 is 23.9 Å². The van der Waals surface area contributed by atoms with Gasteiger partial charge in [0.25, 0.3) is 5.91 Å². The molecule has 1 aromatic rings. The van der Waals surface area contributed by atoms with E-state index in [0.717, 1.165) is 12.8 Å². The molecule has 130 valence electrons. The molecule has 0 aliphatic carbocycles. The standard InChI is InChI=1S/C16H19ClN2O5/c17-11-4-3-5-12(8-11)23-10-15(21)24-9-14(20)19-7-2-1-6-13(19)16(18)22/h3-5,8,13H,1-2,6-7,9-10H2,(H2,18,22)/t13-/m0/s1. The van der Waals surface area contributed by atoms with Crippen molar-refractivity contribution in [1.82, 2.24) is 4.90 Å². The number of hydrogen-bond acceptors (Lipinski definition) is 5. The van der Waals surface area contributed by atoms with Crippen molar-refractivity contribution in [1.29, 1.82) is 0 Å². The minimum atomic E-state index is -0.684. The van der Waals surface area contributed by atoms with Gasteiger partial charge in [-0.1, -0.05) is 17.7 Å². The molecule has 1 fully saturated rings. The first kappa shape index (κ1) is 18.1. The van der Waals surface area contributed by atoms with Crippen molar-refractivity contribution in [3.8, 4) is 5.75 Å². The number of carbonyl (C=O) groups excluding carboxylic acids is 3. The van der Waals surface area contributed by atoms with Crippen LogP contribution in [0.1, 0.15) is 19.3 Å². The van der Waals surface area contributed by atoms with Gasteiger partial charge >= 0.3 is 5.97 Å². The number of benzene rings is 1. The number of nitrogens with zero attached hydrogens (tertiary/aromatic N) is 1. The number of nitrogens with two attached hydrogens (primary N) is 1. The van der Waals surface area contributed by atoms with Crippen molar-refractivity contribution in [2.45, 2.75) is 25.3 Å². The Bertz CT molecular complexity index is 622. The molecule has 1 heterocycles. The van der Waals surface area contributed by atoms with Crippen LogP contribution in [0.2, 0.25) is 5.02 Å². The number of piperidine rings is 1. The van der Waals surface area contributed by atoms with E-state index in [1.807, 2.05) is 0 Å². The van der Waals surface area contributed by atoms with E-state index in [9.17, 15) is 14.4 Å². The average Bonchev–Trinajstić information content (AvgIpc) is 2.58. The van der Waals surface area contributed by atoms with Crippen LogP contribution in [-0.4, -0.2) is 48.5 Å². The molecule has 1 saturated heterocycles. The molecule has 0 bridgehead atoms. The summed E-state index contributed by atoms with van der Waals surface area (Å²) in [5.74, 6) is -1.24. The van der Waals surface area contributed by atoms with Crippen LogP contribution in [0.25, 0.3) is 0 Å². The van der Waals surface area contributed by atoms with Crippen molar-refractivity contribution >= 4 is 29.4 Å². The highest BCUT2D eigenvalue weighted by Gasteiger charge is 2.30. The summed E-state index contributed by atoms with van der Waals surface area (Å²) in [6.45, 7) is -0.350. The van der Waals surface area contributed by atoms with Crippen molar-refractivity contribution in [2.24, 2.45) is 5.73 Å². The maximum atomic E-state index is 12.1. The summed E-state index contributed by atoms with van der Waals surface area (Å²) in [6, 6.07) is 5.94. The van der Waals surface area contributed by atoms with E-state index in [2.05, 4.69) is 0 Å². The Balaban J connectivity index is 1.78. The molecule has 1 aliphatic rings. The Morgan fingerprint density at radius 3 is 2.75 bits per heavy atom. The lowest BCUT2D eigenvalue weighted by Gasteiger charge is -2.33. The van der Waals surface area contributed by atoms with Gasteiger partial charge in [-0.3, -0.25) is 9.59 Å². The lowest BCUT2D eigenvalue weighted by Crippen LogP contribution is -2.51. The molecule has 1 atom stereocenters. The normalized spacial score (nSPS) is 17.2. The monoisotopic (exact) mass is 354 g/mol. The zero-order valence-corrected chi connectivity index (χ0v) is 13.8. The predicted molar refractivity (Wildman–Crippen MR) is 86.5 cm³/mol. The van der Waals surface area contributed by atoms with Gasteiger partial charge in [-0.15, -0.1) is 0 Å². The molecular formula is C16H19ClN2O5. The highest BCUT2D eigenvalue weighted by Crippen LogP contribution is 2.18. The highest BCUT2D eigenvalue weighted by molar-refractivity contribution is 6.30. The first-order valence-electron chi connectivity index (χ1n) is 7.60. The third kappa shape index (κ3) is 5.13. The average molecular weight is 355 g/mol. The summed E-state index contributed by atoms with van der Waals surface area (Å²) in [6.07, 6.45) is 2.17. The molecule has 24 heavy (non-hydrogen) atoms. The fourth-order valence-corrected chi connectivity index (χ4v) is 2.67. The largest absolute Gasteiger partial charge is 0.482 e. The Hall–Kier alpha value is -2.28. The topological polar surface area (TPSA) is 98.9 Å². The third-order valence-corrected chi connectivity index (χ3v) is 3.90. The van der Waals surface area contributed by atoms with Gasteiger partial charge in [0, 0.05) is 11.6 Å². The molecule has 0 unspecified atom stereocenters. The fraction of sp³-hybridized carbons (Fsp3) is 0.438. The highest BCUT2D eigenvalue weighted by atomic mass is 35.5. The number of ether oxygens (including phenoxy) is 2. The van der Waals surface area contributed by atoms with Crippen LogP contribution >= 0.6 is 11.6 Å². The van der Waals surface area contributed by atoms with E-state index in [1.165, 1.54) is 4.90 Å². The van der Waals surface area contributed by atoms with Gasteiger partial charge in [-0.05, 0) is 37.5 Å². The van der Waals surface area contributed by atoms with Crippen LogP contribution < -0.4 is 10.5 Å². The lowest BCUT2D eigenvalue weighted by atomic mass is 10.0. The van der Waals surface area contributed by atoms with Gasteiger partial charge in [0.15, 0.2) is 13.2 Å². The number of rotatable bonds is 6. The number of likely N-dealkylation sites (tertiary alicyclic amines) is 1. The smallest absolute Gasteiger partial charge is 0.344 e. The molecule has 0 aromatic heterocycles. The van der Waals surface area contributed by atoms with Gasteiger partial charge in [-0.2, -0.15) is 0 Å². The van der Waals surface area contributed by atoms with Crippen LogP contribution in [0.4, 0.5) is 0 Å². The summed E-state index contributed by atoms with van der Waals surface area (Å²) in [5.41, 5.74) is 5.30. The second kappa shape index (κ2) is 8.54. The number of halogens is 1. The fourth-order valence-electron chi connectivity index (χ4n) is 2.49. The Morgan fingerprint density at radius 2 is 2.04 bits per heavy atom. The van der Waals surface area contributed by atoms with Gasteiger partial charge in [-0.25, -0.2) is 4.79 Å². The van der Waals surface area contributed by atoms with Gasteiger partial charge in [0.2, 0.25) is 5.91 Å². The Kier molecular flexibility index (Phi) is 6.43. The minimum Gasteiger partial charge on any atom is -0.482 e. The quantitative estimate of drug-likeness (QED) is 0.772. The van der Waals surface area contributed by atoms with E-state index in [0.29, 0.717) is 23.7 Å². The molecule has 1 aromatic carbocycles. The van der Waals surface area contributed by atoms with E-state index in [4.69, 9.17) is 26.8 Å². The van der Waals surface area contributed by atoms with E-state index < -0.39 is 30.4 Å². The first-order valence-corrected chi connectivity index (χ1v) is 7.98. The Morgan fingerprint density at radius 1 is 1.25 bits per heavy atom.